The molecule has 1 heterocycles. The first-order valence-corrected chi connectivity index (χ1v) is 6.30. The molecule has 0 aromatic carbocycles. The van der Waals surface area contributed by atoms with E-state index < -0.39 is 5.97 Å². The molecule has 92 valence electrons. The highest BCUT2D eigenvalue weighted by molar-refractivity contribution is 5.66. The second kappa shape index (κ2) is 5.64. The third-order valence-corrected chi connectivity index (χ3v) is 3.42. The summed E-state index contributed by atoms with van der Waals surface area (Å²) in [5, 5.41) is 8.50. The first-order chi connectivity index (χ1) is 7.74. The molecule has 2 aliphatic rings. The SMILES string of the molecule is O=C(O)CCOC1CCN(CC2CC2)CC1. The number of hydrogen-bond donors (Lipinski definition) is 1. The third-order valence-electron chi connectivity index (χ3n) is 3.42. The van der Waals surface area contributed by atoms with Crippen LogP contribution in [0.2, 0.25) is 0 Å². The topological polar surface area (TPSA) is 49.8 Å². The zero-order chi connectivity index (χ0) is 11.4. The van der Waals surface area contributed by atoms with E-state index in [0.717, 1.165) is 31.8 Å². The summed E-state index contributed by atoms with van der Waals surface area (Å²) in [6.07, 6.45) is 5.36. The van der Waals surface area contributed by atoms with Gasteiger partial charge >= 0.3 is 5.97 Å². The van der Waals surface area contributed by atoms with Gasteiger partial charge in [-0.05, 0) is 31.6 Å². The Bertz CT molecular complexity index is 232. The Morgan fingerprint density at radius 2 is 1.94 bits per heavy atom. The first-order valence-electron chi connectivity index (χ1n) is 6.30. The van der Waals surface area contributed by atoms with E-state index in [9.17, 15) is 4.79 Å². The number of ether oxygens (including phenoxy) is 1. The number of nitrogens with zero attached hydrogens (tertiary/aromatic N) is 1. The average Bonchev–Trinajstić information content (AvgIpc) is 3.04. The molecule has 0 aromatic rings. The van der Waals surface area contributed by atoms with E-state index in [1.807, 2.05) is 0 Å². The van der Waals surface area contributed by atoms with Crippen LogP contribution >= 0.6 is 0 Å². The summed E-state index contributed by atoms with van der Waals surface area (Å²) < 4.78 is 5.56. The maximum atomic E-state index is 10.3. The van der Waals surface area contributed by atoms with Crippen LogP contribution in [-0.2, 0) is 9.53 Å². The Balaban J connectivity index is 1.55. The van der Waals surface area contributed by atoms with E-state index >= 15 is 0 Å². The molecule has 16 heavy (non-hydrogen) atoms. The molecule has 2 fully saturated rings. The molecule has 0 atom stereocenters. The van der Waals surface area contributed by atoms with Gasteiger partial charge in [-0.3, -0.25) is 4.79 Å². The second-order valence-corrected chi connectivity index (χ2v) is 4.96. The van der Waals surface area contributed by atoms with E-state index in [0.29, 0.717) is 6.61 Å². The monoisotopic (exact) mass is 227 g/mol. The largest absolute Gasteiger partial charge is 0.481 e. The van der Waals surface area contributed by atoms with Crippen molar-refractivity contribution in [2.75, 3.05) is 26.2 Å². The van der Waals surface area contributed by atoms with Gasteiger partial charge in [-0.1, -0.05) is 0 Å². The average molecular weight is 227 g/mol. The Labute approximate surface area is 96.6 Å². The lowest BCUT2D eigenvalue weighted by Gasteiger charge is -2.31. The van der Waals surface area contributed by atoms with Crippen molar-refractivity contribution >= 4 is 5.97 Å². The number of rotatable bonds is 6. The van der Waals surface area contributed by atoms with Crippen LogP contribution in [0.15, 0.2) is 0 Å². The molecule has 1 aliphatic carbocycles. The van der Waals surface area contributed by atoms with Gasteiger partial charge in [-0.15, -0.1) is 0 Å². The summed E-state index contributed by atoms with van der Waals surface area (Å²) in [5.74, 6) is 0.190. The number of likely N-dealkylation sites (tertiary alicyclic amines) is 1. The Hall–Kier alpha value is -0.610. The number of hydrogen-bond acceptors (Lipinski definition) is 3. The van der Waals surface area contributed by atoms with Gasteiger partial charge in [0.1, 0.15) is 0 Å². The molecule has 4 heteroatoms. The van der Waals surface area contributed by atoms with Gasteiger partial charge in [0.15, 0.2) is 0 Å². The summed E-state index contributed by atoms with van der Waals surface area (Å²) in [5.41, 5.74) is 0. The van der Waals surface area contributed by atoms with Crippen LogP contribution in [0.4, 0.5) is 0 Å². The van der Waals surface area contributed by atoms with Crippen LogP contribution < -0.4 is 0 Å². The van der Waals surface area contributed by atoms with Crippen LogP contribution in [0.3, 0.4) is 0 Å². The van der Waals surface area contributed by atoms with Gasteiger partial charge in [0.05, 0.1) is 19.1 Å². The third kappa shape index (κ3) is 4.10. The predicted molar refractivity (Wildman–Crippen MR) is 60.4 cm³/mol. The fraction of sp³-hybridized carbons (Fsp3) is 0.917. The molecule has 0 unspecified atom stereocenters. The Morgan fingerprint density at radius 1 is 1.25 bits per heavy atom. The van der Waals surface area contributed by atoms with Crippen molar-refractivity contribution < 1.29 is 14.6 Å². The van der Waals surface area contributed by atoms with Gasteiger partial charge in [-0.2, -0.15) is 0 Å². The smallest absolute Gasteiger partial charge is 0.305 e. The summed E-state index contributed by atoms with van der Waals surface area (Å²) in [4.78, 5) is 12.9. The summed E-state index contributed by atoms with van der Waals surface area (Å²) in [6, 6.07) is 0. The molecule has 0 spiro atoms. The minimum absolute atomic E-state index is 0.127. The molecular formula is C12H21NO3. The highest BCUT2D eigenvalue weighted by Gasteiger charge is 2.27. The van der Waals surface area contributed by atoms with Crippen LogP contribution in [0.25, 0.3) is 0 Å². The molecule has 2 rings (SSSR count). The van der Waals surface area contributed by atoms with Crippen molar-refractivity contribution in [3.8, 4) is 0 Å². The standard InChI is InChI=1S/C12H21NO3/c14-12(15)5-8-16-11-3-6-13(7-4-11)9-10-1-2-10/h10-11H,1-9H2,(H,14,15). The normalized spacial score (nSPS) is 23.5. The van der Waals surface area contributed by atoms with E-state index in [2.05, 4.69) is 4.90 Å². The Kier molecular flexibility index (Phi) is 4.18. The molecule has 4 nitrogen and oxygen atoms in total. The van der Waals surface area contributed by atoms with Gasteiger partial charge in [0.25, 0.3) is 0 Å². The number of carboxylic acids is 1. The van der Waals surface area contributed by atoms with Crippen molar-refractivity contribution in [2.45, 2.75) is 38.2 Å². The lowest BCUT2D eigenvalue weighted by atomic mass is 10.1. The van der Waals surface area contributed by atoms with Crippen LogP contribution in [0.1, 0.15) is 32.1 Å². The van der Waals surface area contributed by atoms with E-state index in [-0.39, 0.29) is 12.5 Å². The van der Waals surface area contributed by atoms with Crippen molar-refractivity contribution in [3.05, 3.63) is 0 Å². The minimum atomic E-state index is -0.772. The van der Waals surface area contributed by atoms with E-state index in [1.54, 1.807) is 0 Å². The lowest BCUT2D eigenvalue weighted by Crippen LogP contribution is -2.38. The summed E-state index contributed by atoms with van der Waals surface area (Å²) in [7, 11) is 0. The fourth-order valence-electron chi connectivity index (χ4n) is 2.24. The van der Waals surface area contributed by atoms with Crippen LogP contribution in [0, 0.1) is 5.92 Å². The molecule has 0 radical (unpaired) electrons. The maximum absolute atomic E-state index is 10.3. The van der Waals surface area contributed by atoms with Crippen molar-refractivity contribution in [3.63, 3.8) is 0 Å². The van der Waals surface area contributed by atoms with E-state index in [1.165, 1.54) is 19.4 Å². The number of carbonyl (C=O) groups is 1. The molecular weight excluding hydrogens is 206 g/mol. The van der Waals surface area contributed by atoms with Crippen LogP contribution in [-0.4, -0.2) is 48.3 Å². The number of aliphatic carboxylic acids is 1. The predicted octanol–water partition coefficient (Wildman–Crippen LogP) is 1.35. The minimum Gasteiger partial charge on any atom is -0.481 e. The van der Waals surface area contributed by atoms with Gasteiger partial charge in [0, 0.05) is 19.6 Å². The molecule has 0 bridgehead atoms. The molecule has 0 amide bonds. The molecule has 1 saturated carbocycles. The Morgan fingerprint density at radius 3 is 2.50 bits per heavy atom. The van der Waals surface area contributed by atoms with Crippen molar-refractivity contribution in [1.82, 2.24) is 4.90 Å². The molecule has 1 saturated heterocycles. The molecule has 0 aromatic heterocycles. The second-order valence-electron chi connectivity index (χ2n) is 4.96. The van der Waals surface area contributed by atoms with Crippen LogP contribution in [0.5, 0.6) is 0 Å². The van der Waals surface area contributed by atoms with Crippen molar-refractivity contribution in [2.24, 2.45) is 5.92 Å². The highest BCUT2D eigenvalue weighted by Crippen LogP contribution is 2.30. The zero-order valence-electron chi connectivity index (χ0n) is 9.73. The highest BCUT2D eigenvalue weighted by atomic mass is 16.5. The molecule has 1 aliphatic heterocycles. The zero-order valence-corrected chi connectivity index (χ0v) is 9.73. The summed E-state index contributed by atoms with van der Waals surface area (Å²) >= 11 is 0. The van der Waals surface area contributed by atoms with Gasteiger partial charge < -0.3 is 14.7 Å². The number of piperidine rings is 1. The fourth-order valence-corrected chi connectivity index (χ4v) is 2.24. The quantitative estimate of drug-likeness (QED) is 0.744. The van der Waals surface area contributed by atoms with Crippen molar-refractivity contribution in [1.29, 1.82) is 0 Å². The van der Waals surface area contributed by atoms with Gasteiger partial charge in [0.2, 0.25) is 0 Å². The lowest BCUT2D eigenvalue weighted by molar-refractivity contribution is -0.138. The first kappa shape index (κ1) is 11.9. The van der Waals surface area contributed by atoms with E-state index in [4.69, 9.17) is 9.84 Å². The number of carboxylic acid groups (broad SMARTS) is 1. The summed E-state index contributed by atoms with van der Waals surface area (Å²) in [6.45, 7) is 3.87. The maximum Gasteiger partial charge on any atom is 0.305 e. The molecule has 1 N–H and O–H groups in total. The van der Waals surface area contributed by atoms with Gasteiger partial charge in [-0.25, -0.2) is 0 Å².